The van der Waals surface area contributed by atoms with Gasteiger partial charge in [-0.2, -0.15) is 11.3 Å². The van der Waals surface area contributed by atoms with Gasteiger partial charge in [0.1, 0.15) is 0 Å². The normalized spacial score (nSPS) is 9.42. The number of rotatable bonds is 3. The molecule has 0 N–H and O–H groups in total. The van der Waals surface area contributed by atoms with Gasteiger partial charge in [-0.25, -0.2) is 4.79 Å². The monoisotopic (exact) mass is 182 g/mol. The molecular weight excluding hydrogens is 172 g/mol. The zero-order valence-corrected chi connectivity index (χ0v) is 7.69. The number of carbonyl (C=O) groups is 1. The molecule has 0 saturated carbocycles. The van der Waals surface area contributed by atoms with E-state index >= 15 is 0 Å². The number of hydrogen-bond acceptors (Lipinski definition) is 3. The Hall–Kier alpha value is -1.09. The summed E-state index contributed by atoms with van der Waals surface area (Å²) < 4.78 is 4.79. The second-order valence-corrected chi connectivity index (χ2v) is 2.99. The van der Waals surface area contributed by atoms with Crippen molar-refractivity contribution in [2.24, 2.45) is 0 Å². The molecule has 0 saturated heterocycles. The van der Waals surface area contributed by atoms with Crippen molar-refractivity contribution in [3.05, 3.63) is 29.0 Å². The van der Waals surface area contributed by atoms with Gasteiger partial charge in [-0.15, -0.1) is 0 Å². The van der Waals surface area contributed by atoms with Gasteiger partial charge >= 0.3 is 5.97 Å². The summed E-state index contributed by atoms with van der Waals surface area (Å²) in [6.45, 7) is 5.82. The minimum absolute atomic E-state index is 0.337. The molecule has 1 rings (SSSR count). The lowest BCUT2D eigenvalue weighted by atomic mass is 10.2. The fourth-order valence-corrected chi connectivity index (χ4v) is 1.44. The minimum atomic E-state index is -0.337. The van der Waals surface area contributed by atoms with Crippen LogP contribution in [0.4, 0.5) is 0 Å². The van der Waals surface area contributed by atoms with Crippen LogP contribution in [0.2, 0.25) is 0 Å². The summed E-state index contributed by atoms with van der Waals surface area (Å²) >= 11 is 1.53. The molecule has 0 spiro atoms. The van der Waals surface area contributed by atoms with Crippen LogP contribution in [-0.2, 0) is 9.53 Å². The molecule has 12 heavy (non-hydrogen) atoms. The Morgan fingerprint density at radius 2 is 2.50 bits per heavy atom. The largest absolute Gasteiger partial charge is 0.462 e. The van der Waals surface area contributed by atoms with Gasteiger partial charge < -0.3 is 4.74 Å². The van der Waals surface area contributed by atoms with Gasteiger partial charge in [0.25, 0.3) is 0 Å². The number of carbonyl (C=O) groups excluding carboxylic acids is 1. The first-order valence-corrected chi connectivity index (χ1v) is 4.58. The van der Waals surface area contributed by atoms with Crippen LogP contribution in [0.25, 0.3) is 5.57 Å². The third kappa shape index (κ3) is 1.95. The van der Waals surface area contributed by atoms with E-state index < -0.39 is 0 Å². The highest BCUT2D eigenvalue weighted by Gasteiger charge is 2.09. The Morgan fingerprint density at radius 3 is 3.00 bits per heavy atom. The average Bonchev–Trinajstić information content (AvgIpc) is 2.55. The molecule has 0 bridgehead atoms. The topological polar surface area (TPSA) is 26.3 Å². The van der Waals surface area contributed by atoms with Crippen LogP contribution in [0.1, 0.15) is 12.5 Å². The van der Waals surface area contributed by atoms with E-state index in [2.05, 4.69) is 6.58 Å². The van der Waals surface area contributed by atoms with Crippen molar-refractivity contribution in [1.29, 1.82) is 0 Å². The van der Waals surface area contributed by atoms with Gasteiger partial charge in [-0.1, -0.05) is 6.58 Å². The Labute approximate surface area is 75.5 Å². The lowest BCUT2D eigenvalue weighted by molar-refractivity contribution is -0.136. The van der Waals surface area contributed by atoms with Crippen molar-refractivity contribution in [2.45, 2.75) is 6.92 Å². The quantitative estimate of drug-likeness (QED) is 0.529. The number of ether oxygens (including phenoxy) is 1. The minimum Gasteiger partial charge on any atom is -0.462 e. The summed E-state index contributed by atoms with van der Waals surface area (Å²) in [5.74, 6) is -0.337. The maximum absolute atomic E-state index is 11.1. The second-order valence-electron chi connectivity index (χ2n) is 2.21. The number of esters is 1. The van der Waals surface area contributed by atoms with Gasteiger partial charge in [0.15, 0.2) is 0 Å². The van der Waals surface area contributed by atoms with Crippen LogP contribution < -0.4 is 0 Å². The van der Waals surface area contributed by atoms with E-state index in [0.717, 1.165) is 5.56 Å². The van der Waals surface area contributed by atoms with Crippen LogP contribution >= 0.6 is 11.3 Å². The number of hydrogen-bond donors (Lipinski definition) is 0. The molecule has 0 atom stereocenters. The summed E-state index contributed by atoms with van der Waals surface area (Å²) in [6, 6.07) is 1.85. The average molecular weight is 182 g/mol. The lowest BCUT2D eigenvalue weighted by Gasteiger charge is -2.01. The van der Waals surface area contributed by atoms with E-state index in [0.29, 0.717) is 12.2 Å². The van der Waals surface area contributed by atoms with Crippen LogP contribution in [0.5, 0.6) is 0 Å². The molecule has 1 heterocycles. The van der Waals surface area contributed by atoms with Gasteiger partial charge in [-0.3, -0.25) is 0 Å². The highest BCUT2D eigenvalue weighted by molar-refractivity contribution is 7.08. The molecule has 0 aliphatic heterocycles. The van der Waals surface area contributed by atoms with Crippen LogP contribution in [-0.4, -0.2) is 12.6 Å². The molecule has 0 radical (unpaired) electrons. The molecule has 64 valence electrons. The van der Waals surface area contributed by atoms with Crippen molar-refractivity contribution in [3.8, 4) is 0 Å². The first kappa shape index (κ1) is 9.00. The first-order chi connectivity index (χ1) is 5.75. The standard InChI is InChI=1S/C9H10O2S/c1-3-11-9(10)7(2)8-4-5-12-6-8/h4-6H,2-3H2,1H3. The van der Waals surface area contributed by atoms with Gasteiger partial charge in [0.05, 0.1) is 12.2 Å². The fourth-order valence-electron chi connectivity index (χ4n) is 0.772. The smallest absolute Gasteiger partial charge is 0.338 e. The zero-order valence-electron chi connectivity index (χ0n) is 6.87. The van der Waals surface area contributed by atoms with Gasteiger partial charge in [-0.05, 0) is 29.3 Å². The Bertz CT molecular complexity index is 275. The van der Waals surface area contributed by atoms with Crippen LogP contribution in [0, 0.1) is 0 Å². The third-order valence-corrected chi connectivity index (χ3v) is 2.07. The van der Waals surface area contributed by atoms with E-state index in [4.69, 9.17) is 4.74 Å². The lowest BCUT2D eigenvalue weighted by Crippen LogP contribution is -2.04. The summed E-state index contributed by atoms with van der Waals surface area (Å²) in [7, 11) is 0. The predicted octanol–water partition coefficient (Wildman–Crippen LogP) is 2.32. The van der Waals surface area contributed by atoms with Crippen molar-refractivity contribution in [2.75, 3.05) is 6.61 Å². The van der Waals surface area contributed by atoms with Gasteiger partial charge in [0, 0.05) is 0 Å². The molecule has 0 aliphatic rings. The highest BCUT2D eigenvalue weighted by atomic mass is 32.1. The van der Waals surface area contributed by atoms with Crippen molar-refractivity contribution < 1.29 is 9.53 Å². The molecule has 1 aromatic rings. The Balaban J connectivity index is 2.66. The summed E-state index contributed by atoms with van der Waals surface area (Å²) in [5.41, 5.74) is 1.27. The van der Waals surface area contributed by atoms with Crippen LogP contribution in [0.15, 0.2) is 23.4 Å². The Morgan fingerprint density at radius 1 is 1.75 bits per heavy atom. The van der Waals surface area contributed by atoms with E-state index in [1.165, 1.54) is 11.3 Å². The fraction of sp³-hybridized carbons (Fsp3) is 0.222. The molecule has 0 fully saturated rings. The Kier molecular flexibility index (Phi) is 3.05. The maximum atomic E-state index is 11.1. The van der Waals surface area contributed by atoms with E-state index in [1.807, 2.05) is 16.8 Å². The zero-order chi connectivity index (χ0) is 8.97. The van der Waals surface area contributed by atoms with E-state index in [-0.39, 0.29) is 5.97 Å². The molecule has 3 heteroatoms. The molecule has 0 amide bonds. The molecule has 0 aliphatic carbocycles. The molecule has 2 nitrogen and oxygen atoms in total. The summed E-state index contributed by atoms with van der Waals surface area (Å²) in [5, 5.41) is 3.78. The van der Waals surface area contributed by atoms with Crippen molar-refractivity contribution in [1.82, 2.24) is 0 Å². The van der Waals surface area contributed by atoms with Crippen molar-refractivity contribution in [3.63, 3.8) is 0 Å². The van der Waals surface area contributed by atoms with E-state index in [9.17, 15) is 4.79 Å². The second kappa shape index (κ2) is 4.07. The highest BCUT2D eigenvalue weighted by Crippen LogP contribution is 2.16. The summed E-state index contributed by atoms with van der Waals surface area (Å²) in [6.07, 6.45) is 0. The van der Waals surface area contributed by atoms with Gasteiger partial charge in [0.2, 0.25) is 0 Å². The van der Waals surface area contributed by atoms with E-state index in [1.54, 1.807) is 6.92 Å². The van der Waals surface area contributed by atoms with Crippen LogP contribution in [0.3, 0.4) is 0 Å². The first-order valence-electron chi connectivity index (χ1n) is 3.64. The van der Waals surface area contributed by atoms with Crippen molar-refractivity contribution >= 4 is 22.9 Å². The molecule has 1 aromatic heterocycles. The predicted molar refractivity (Wildman–Crippen MR) is 50.0 cm³/mol. The third-order valence-electron chi connectivity index (χ3n) is 1.39. The molecule has 0 aromatic carbocycles. The SMILES string of the molecule is C=C(C(=O)OCC)c1ccsc1. The summed E-state index contributed by atoms with van der Waals surface area (Å²) in [4.78, 5) is 11.1. The number of thiophene rings is 1. The molecular formula is C9H10O2S. The maximum Gasteiger partial charge on any atom is 0.338 e. The molecule has 0 unspecified atom stereocenters.